The van der Waals surface area contributed by atoms with Crippen LogP contribution < -0.4 is 4.57 Å². The molecule has 80 valence electrons. The molecule has 0 spiro atoms. The molecule has 0 radical (unpaired) electrons. The van der Waals surface area contributed by atoms with Gasteiger partial charge in [0.15, 0.2) is 6.20 Å². The number of pyridine rings is 1. The predicted molar refractivity (Wildman–Crippen MR) is 67.7 cm³/mol. The van der Waals surface area contributed by atoms with Crippen LogP contribution in [0.15, 0.2) is 48.7 Å². The quantitative estimate of drug-likeness (QED) is 0.671. The van der Waals surface area contributed by atoms with Gasteiger partial charge in [0.2, 0.25) is 5.69 Å². The topological polar surface area (TPSA) is 3.88 Å². The molecular formula is C15H16N+. The van der Waals surface area contributed by atoms with Crippen molar-refractivity contribution >= 4 is 12.2 Å². The Morgan fingerprint density at radius 2 is 1.69 bits per heavy atom. The van der Waals surface area contributed by atoms with Gasteiger partial charge in [-0.1, -0.05) is 29.8 Å². The van der Waals surface area contributed by atoms with Crippen LogP contribution >= 0.6 is 0 Å². The van der Waals surface area contributed by atoms with Crippen molar-refractivity contribution in [3.8, 4) is 0 Å². The van der Waals surface area contributed by atoms with Gasteiger partial charge < -0.3 is 0 Å². The highest BCUT2D eigenvalue weighted by Crippen LogP contribution is 2.07. The van der Waals surface area contributed by atoms with Gasteiger partial charge in [0.25, 0.3) is 0 Å². The molecule has 1 nitrogen and oxygen atoms in total. The van der Waals surface area contributed by atoms with E-state index in [2.05, 4.69) is 73.3 Å². The molecule has 1 heterocycles. The van der Waals surface area contributed by atoms with E-state index in [1.807, 2.05) is 6.07 Å². The van der Waals surface area contributed by atoms with Crippen molar-refractivity contribution in [2.24, 2.45) is 7.05 Å². The van der Waals surface area contributed by atoms with Gasteiger partial charge in [-0.2, -0.15) is 0 Å². The lowest BCUT2D eigenvalue weighted by molar-refractivity contribution is -0.673. The van der Waals surface area contributed by atoms with E-state index < -0.39 is 0 Å². The van der Waals surface area contributed by atoms with Crippen LogP contribution in [-0.4, -0.2) is 0 Å². The van der Waals surface area contributed by atoms with E-state index >= 15 is 0 Å². The lowest BCUT2D eigenvalue weighted by atomic mass is 10.1. The van der Waals surface area contributed by atoms with Crippen LogP contribution in [0.1, 0.15) is 16.8 Å². The molecule has 1 aromatic carbocycles. The fourth-order valence-corrected chi connectivity index (χ4v) is 1.57. The average molecular weight is 210 g/mol. The fraction of sp³-hybridized carbons (Fsp3) is 0.133. The van der Waals surface area contributed by atoms with Gasteiger partial charge in [0, 0.05) is 18.2 Å². The van der Waals surface area contributed by atoms with Crippen molar-refractivity contribution in [3.63, 3.8) is 0 Å². The molecule has 0 N–H and O–H groups in total. The average Bonchev–Trinajstić information content (AvgIpc) is 2.30. The first-order chi connectivity index (χ1) is 7.75. The third-order valence-corrected chi connectivity index (χ3v) is 2.62. The monoisotopic (exact) mass is 210 g/mol. The molecule has 0 saturated heterocycles. The number of rotatable bonds is 2. The molecule has 16 heavy (non-hydrogen) atoms. The number of aromatic nitrogens is 1. The van der Waals surface area contributed by atoms with Gasteiger partial charge in [-0.25, -0.2) is 4.57 Å². The Labute approximate surface area is 96.7 Å². The Kier molecular flexibility index (Phi) is 3.16. The Morgan fingerprint density at radius 1 is 0.938 bits per heavy atom. The van der Waals surface area contributed by atoms with Gasteiger partial charge >= 0.3 is 0 Å². The minimum Gasteiger partial charge on any atom is -0.202 e. The molecule has 0 aliphatic heterocycles. The lowest BCUT2D eigenvalue weighted by Crippen LogP contribution is -2.30. The van der Waals surface area contributed by atoms with Gasteiger partial charge in [0.05, 0.1) is 0 Å². The van der Waals surface area contributed by atoms with Gasteiger partial charge in [-0.3, -0.25) is 0 Å². The third kappa shape index (κ3) is 2.57. The summed E-state index contributed by atoms with van der Waals surface area (Å²) in [5.74, 6) is 0. The smallest absolute Gasteiger partial charge is 0.202 e. The maximum Gasteiger partial charge on any atom is 0.204 e. The molecule has 1 heteroatoms. The normalized spacial score (nSPS) is 10.9. The second-order valence-electron chi connectivity index (χ2n) is 3.98. The van der Waals surface area contributed by atoms with E-state index in [0.717, 1.165) is 0 Å². The van der Waals surface area contributed by atoms with Gasteiger partial charge in [-0.15, -0.1) is 0 Å². The summed E-state index contributed by atoms with van der Waals surface area (Å²) in [5, 5.41) is 0. The lowest BCUT2D eigenvalue weighted by Gasteiger charge is -1.95. The highest BCUT2D eigenvalue weighted by Gasteiger charge is 1.98. The first-order valence-corrected chi connectivity index (χ1v) is 5.45. The number of nitrogens with zero attached hydrogens (tertiary/aromatic N) is 1. The van der Waals surface area contributed by atoms with Crippen LogP contribution in [0.2, 0.25) is 0 Å². The molecule has 2 aromatic rings. The van der Waals surface area contributed by atoms with E-state index in [1.165, 1.54) is 16.8 Å². The first-order valence-electron chi connectivity index (χ1n) is 5.45. The van der Waals surface area contributed by atoms with Crippen LogP contribution in [0, 0.1) is 6.92 Å². The van der Waals surface area contributed by atoms with E-state index in [1.54, 1.807) is 0 Å². The standard InChI is InChI=1S/C15H16N/c1-13-6-8-14(9-7-13)10-11-15-5-3-4-12-16(15)2/h3-12H,1-2H3/q+1/b11-10+. The highest BCUT2D eigenvalue weighted by molar-refractivity contribution is 5.66. The Bertz CT molecular complexity index is 495. The summed E-state index contributed by atoms with van der Waals surface area (Å²) in [6.45, 7) is 2.10. The molecule has 2 rings (SSSR count). The van der Waals surface area contributed by atoms with Crippen LogP contribution in [0.5, 0.6) is 0 Å². The van der Waals surface area contributed by atoms with Crippen molar-refractivity contribution < 1.29 is 4.57 Å². The maximum atomic E-state index is 2.13. The Hall–Kier alpha value is -1.89. The number of hydrogen-bond acceptors (Lipinski definition) is 0. The van der Waals surface area contributed by atoms with Crippen LogP contribution in [0.3, 0.4) is 0 Å². The minimum absolute atomic E-state index is 1.20. The van der Waals surface area contributed by atoms with E-state index in [4.69, 9.17) is 0 Å². The van der Waals surface area contributed by atoms with Crippen molar-refractivity contribution in [3.05, 3.63) is 65.5 Å². The number of hydrogen-bond donors (Lipinski definition) is 0. The first kappa shape index (κ1) is 10.6. The van der Waals surface area contributed by atoms with E-state index in [0.29, 0.717) is 0 Å². The van der Waals surface area contributed by atoms with E-state index in [-0.39, 0.29) is 0 Å². The highest BCUT2D eigenvalue weighted by atomic mass is 14.9. The fourth-order valence-electron chi connectivity index (χ4n) is 1.57. The molecular weight excluding hydrogens is 194 g/mol. The molecule has 0 atom stereocenters. The number of aryl methyl sites for hydroxylation is 2. The summed E-state index contributed by atoms with van der Waals surface area (Å²) < 4.78 is 2.10. The zero-order valence-electron chi connectivity index (χ0n) is 9.72. The molecule has 0 saturated carbocycles. The summed E-state index contributed by atoms with van der Waals surface area (Å²) >= 11 is 0. The molecule has 0 fully saturated rings. The van der Waals surface area contributed by atoms with Crippen LogP contribution in [-0.2, 0) is 7.05 Å². The minimum atomic E-state index is 1.20. The predicted octanol–water partition coefficient (Wildman–Crippen LogP) is 2.99. The largest absolute Gasteiger partial charge is 0.204 e. The Balaban J connectivity index is 2.21. The summed E-state index contributed by atoms with van der Waals surface area (Å²) in [6.07, 6.45) is 6.31. The summed E-state index contributed by atoms with van der Waals surface area (Å²) in [6, 6.07) is 14.7. The third-order valence-electron chi connectivity index (χ3n) is 2.62. The number of benzene rings is 1. The summed E-state index contributed by atoms with van der Waals surface area (Å²) in [4.78, 5) is 0. The molecule has 0 aliphatic rings. The second-order valence-corrected chi connectivity index (χ2v) is 3.98. The van der Waals surface area contributed by atoms with Gasteiger partial charge in [0.1, 0.15) is 7.05 Å². The Morgan fingerprint density at radius 3 is 2.38 bits per heavy atom. The second kappa shape index (κ2) is 4.75. The molecule has 0 unspecified atom stereocenters. The summed E-state index contributed by atoms with van der Waals surface area (Å²) in [5.41, 5.74) is 3.72. The van der Waals surface area contributed by atoms with Crippen LogP contribution in [0.4, 0.5) is 0 Å². The van der Waals surface area contributed by atoms with Crippen molar-refractivity contribution in [2.45, 2.75) is 6.92 Å². The zero-order valence-corrected chi connectivity index (χ0v) is 9.72. The molecule has 0 aliphatic carbocycles. The maximum absolute atomic E-state index is 2.13. The molecule has 0 amide bonds. The zero-order chi connectivity index (χ0) is 11.4. The van der Waals surface area contributed by atoms with Crippen molar-refractivity contribution in [2.75, 3.05) is 0 Å². The molecule has 0 bridgehead atoms. The van der Waals surface area contributed by atoms with Crippen LogP contribution in [0.25, 0.3) is 12.2 Å². The van der Waals surface area contributed by atoms with E-state index in [9.17, 15) is 0 Å². The van der Waals surface area contributed by atoms with Crippen molar-refractivity contribution in [1.82, 2.24) is 0 Å². The molecule has 1 aromatic heterocycles. The summed E-state index contributed by atoms with van der Waals surface area (Å²) in [7, 11) is 2.05. The SMILES string of the molecule is Cc1ccc(/C=C/c2cccc[n+]2C)cc1. The van der Waals surface area contributed by atoms with Crippen molar-refractivity contribution in [1.29, 1.82) is 0 Å². The van der Waals surface area contributed by atoms with Gasteiger partial charge in [-0.05, 0) is 24.6 Å².